The molecular weight excluding hydrogens is 308 g/mol. The zero-order valence-corrected chi connectivity index (χ0v) is 13.4. The topological polar surface area (TPSA) is 106 Å². The van der Waals surface area contributed by atoms with Gasteiger partial charge >= 0.3 is 0 Å². The molecule has 0 radical (unpaired) electrons. The molecule has 0 aliphatic carbocycles. The highest BCUT2D eigenvalue weighted by Gasteiger charge is 2.11. The van der Waals surface area contributed by atoms with Crippen LogP contribution in [0.4, 0.5) is 11.4 Å². The quantitative estimate of drug-likeness (QED) is 0.721. The molecule has 0 aliphatic rings. The maximum absolute atomic E-state index is 12.2. The van der Waals surface area contributed by atoms with E-state index in [1.165, 1.54) is 7.11 Å². The monoisotopic (exact) mass is 328 g/mol. The summed E-state index contributed by atoms with van der Waals surface area (Å²) in [5, 5.41) is 5.54. The maximum atomic E-state index is 12.2. The zero-order chi connectivity index (χ0) is 17.4. The molecule has 0 fully saturated rings. The number of anilines is 2. The Morgan fingerprint density at radius 1 is 1.17 bits per heavy atom. The molecule has 0 atom stereocenters. The van der Waals surface area contributed by atoms with Gasteiger partial charge in [-0.05, 0) is 43.3 Å². The number of hydrogen-bond donors (Lipinski definition) is 3. The van der Waals surface area contributed by atoms with Crippen LogP contribution in [-0.4, -0.2) is 30.5 Å². The molecule has 0 saturated carbocycles. The largest absolute Gasteiger partial charge is 0.495 e. The van der Waals surface area contributed by atoms with Crippen LogP contribution in [0.3, 0.4) is 0 Å². The molecule has 2 rings (SSSR count). The van der Waals surface area contributed by atoms with Crippen LogP contribution in [-0.2, 0) is 4.79 Å². The fraction of sp³-hybridized carbons (Fsp3) is 0.235. The first-order chi connectivity index (χ1) is 11.6. The predicted molar refractivity (Wildman–Crippen MR) is 92.1 cm³/mol. The van der Waals surface area contributed by atoms with Gasteiger partial charge in [-0.15, -0.1) is 0 Å². The van der Waals surface area contributed by atoms with Crippen LogP contribution in [0.25, 0.3) is 0 Å². The van der Waals surface area contributed by atoms with E-state index in [1.54, 1.807) is 42.7 Å². The van der Waals surface area contributed by atoms with Crippen molar-refractivity contribution in [1.29, 1.82) is 0 Å². The first-order valence-electron chi connectivity index (χ1n) is 7.53. The van der Waals surface area contributed by atoms with Crippen LogP contribution in [0.5, 0.6) is 5.75 Å². The van der Waals surface area contributed by atoms with Crippen molar-refractivity contribution in [1.82, 2.24) is 4.98 Å². The smallest absolute Gasteiger partial charge is 0.255 e. The first-order valence-corrected chi connectivity index (χ1v) is 7.53. The van der Waals surface area contributed by atoms with Crippen LogP contribution >= 0.6 is 0 Å². The van der Waals surface area contributed by atoms with Gasteiger partial charge in [0.1, 0.15) is 5.75 Å². The van der Waals surface area contributed by atoms with E-state index in [1.807, 2.05) is 0 Å². The number of methoxy groups -OCH3 is 1. The lowest BCUT2D eigenvalue weighted by molar-refractivity contribution is -0.116. The van der Waals surface area contributed by atoms with E-state index in [-0.39, 0.29) is 11.8 Å². The summed E-state index contributed by atoms with van der Waals surface area (Å²) in [7, 11) is 1.51. The number of hydrogen-bond acceptors (Lipinski definition) is 5. The molecule has 126 valence electrons. The van der Waals surface area contributed by atoms with Gasteiger partial charge in [0.05, 0.1) is 12.8 Å². The Bertz CT molecular complexity index is 704. The number of aromatic nitrogens is 1. The van der Waals surface area contributed by atoms with Crippen molar-refractivity contribution >= 4 is 23.2 Å². The maximum Gasteiger partial charge on any atom is 0.255 e. The minimum atomic E-state index is -0.261. The molecule has 1 heterocycles. The van der Waals surface area contributed by atoms with Gasteiger partial charge in [-0.1, -0.05) is 0 Å². The summed E-state index contributed by atoms with van der Waals surface area (Å²) in [5.74, 6) is 0.0948. The molecule has 1 aromatic heterocycles. The Labute approximate surface area is 140 Å². The minimum Gasteiger partial charge on any atom is -0.495 e. The van der Waals surface area contributed by atoms with Crippen LogP contribution in [0.1, 0.15) is 23.2 Å². The Balaban J connectivity index is 2.12. The molecule has 2 amide bonds. The van der Waals surface area contributed by atoms with Crippen molar-refractivity contribution in [3.8, 4) is 5.75 Å². The normalized spacial score (nSPS) is 10.1. The molecule has 0 spiro atoms. The van der Waals surface area contributed by atoms with Gasteiger partial charge in [0, 0.05) is 30.1 Å². The van der Waals surface area contributed by atoms with Gasteiger partial charge < -0.3 is 21.1 Å². The fourth-order valence-electron chi connectivity index (χ4n) is 2.07. The van der Waals surface area contributed by atoms with E-state index in [0.29, 0.717) is 42.1 Å². The lowest BCUT2D eigenvalue weighted by Gasteiger charge is -2.13. The van der Waals surface area contributed by atoms with E-state index < -0.39 is 0 Å². The summed E-state index contributed by atoms with van der Waals surface area (Å²) in [5.41, 5.74) is 6.94. The number of amides is 2. The lowest BCUT2D eigenvalue weighted by atomic mass is 10.2. The number of ether oxygens (including phenoxy) is 1. The fourth-order valence-corrected chi connectivity index (χ4v) is 2.07. The first kappa shape index (κ1) is 17.4. The Kier molecular flexibility index (Phi) is 6.27. The highest BCUT2D eigenvalue weighted by atomic mass is 16.5. The number of rotatable bonds is 7. The Morgan fingerprint density at radius 3 is 2.58 bits per heavy atom. The van der Waals surface area contributed by atoms with E-state index in [2.05, 4.69) is 15.6 Å². The van der Waals surface area contributed by atoms with Gasteiger partial charge in [0.25, 0.3) is 5.91 Å². The molecule has 7 heteroatoms. The van der Waals surface area contributed by atoms with E-state index >= 15 is 0 Å². The van der Waals surface area contributed by atoms with E-state index in [9.17, 15) is 9.59 Å². The third-order valence-corrected chi connectivity index (χ3v) is 3.28. The number of carbonyl (C=O) groups is 2. The summed E-state index contributed by atoms with van der Waals surface area (Å²) < 4.78 is 5.23. The van der Waals surface area contributed by atoms with Gasteiger partial charge in [-0.2, -0.15) is 0 Å². The van der Waals surface area contributed by atoms with Gasteiger partial charge in [0.2, 0.25) is 5.91 Å². The second kappa shape index (κ2) is 8.64. The van der Waals surface area contributed by atoms with Gasteiger partial charge in [-0.3, -0.25) is 14.6 Å². The molecule has 0 unspecified atom stereocenters. The third-order valence-electron chi connectivity index (χ3n) is 3.28. The molecule has 1 aromatic carbocycles. The Morgan fingerprint density at radius 2 is 1.92 bits per heavy atom. The average molecular weight is 328 g/mol. The number of nitrogens with one attached hydrogen (secondary N) is 2. The number of nitrogens with two attached hydrogens (primary N) is 1. The average Bonchev–Trinajstić information content (AvgIpc) is 2.61. The number of pyridine rings is 1. The molecular formula is C17H20N4O3. The van der Waals surface area contributed by atoms with Crippen LogP contribution in [0.2, 0.25) is 0 Å². The van der Waals surface area contributed by atoms with Crippen molar-refractivity contribution in [2.24, 2.45) is 5.73 Å². The molecule has 0 bridgehead atoms. The SMILES string of the molecule is COc1ccc(NC(=O)c2ccncc2)cc1NC(=O)CCCN. The standard InChI is InChI=1S/C17H20N4O3/c1-24-15-5-4-13(11-14(15)21-16(22)3-2-8-18)20-17(23)12-6-9-19-10-7-12/h4-7,9-11H,2-3,8,18H2,1H3,(H,20,23)(H,21,22). The molecule has 0 aliphatic heterocycles. The van der Waals surface area contributed by atoms with Crippen molar-refractivity contribution in [3.63, 3.8) is 0 Å². The molecule has 24 heavy (non-hydrogen) atoms. The van der Waals surface area contributed by atoms with Crippen LogP contribution < -0.4 is 21.1 Å². The second-order valence-corrected chi connectivity index (χ2v) is 5.05. The predicted octanol–water partition coefficient (Wildman–Crippen LogP) is 2.02. The minimum absolute atomic E-state index is 0.156. The summed E-state index contributed by atoms with van der Waals surface area (Å²) in [6, 6.07) is 8.27. The molecule has 4 N–H and O–H groups in total. The van der Waals surface area contributed by atoms with Gasteiger partial charge in [0.15, 0.2) is 0 Å². The molecule has 2 aromatic rings. The second-order valence-electron chi connectivity index (χ2n) is 5.05. The van der Waals surface area contributed by atoms with E-state index in [0.717, 1.165) is 0 Å². The van der Waals surface area contributed by atoms with Crippen LogP contribution in [0, 0.1) is 0 Å². The third kappa shape index (κ3) is 4.79. The molecule has 0 saturated heterocycles. The number of benzene rings is 1. The van der Waals surface area contributed by atoms with Crippen molar-refractivity contribution in [3.05, 3.63) is 48.3 Å². The molecule has 7 nitrogen and oxygen atoms in total. The zero-order valence-electron chi connectivity index (χ0n) is 13.4. The lowest BCUT2D eigenvalue weighted by Crippen LogP contribution is -2.15. The van der Waals surface area contributed by atoms with E-state index in [4.69, 9.17) is 10.5 Å². The van der Waals surface area contributed by atoms with Crippen molar-refractivity contribution < 1.29 is 14.3 Å². The van der Waals surface area contributed by atoms with Crippen molar-refractivity contribution in [2.45, 2.75) is 12.8 Å². The highest BCUT2D eigenvalue weighted by molar-refractivity contribution is 6.04. The number of carbonyl (C=O) groups excluding carboxylic acids is 2. The summed E-state index contributed by atoms with van der Waals surface area (Å²) in [4.78, 5) is 27.9. The van der Waals surface area contributed by atoms with Crippen molar-refractivity contribution in [2.75, 3.05) is 24.3 Å². The summed E-state index contributed by atoms with van der Waals surface area (Å²) in [6.45, 7) is 0.451. The summed E-state index contributed by atoms with van der Waals surface area (Å²) >= 11 is 0. The Hall–Kier alpha value is -2.93. The summed E-state index contributed by atoms with van der Waals surface area (Å²) in [6.07, 6.45) is 4.03. The number of nitrogens with zero attached hydrogens (tertiary/aromatic N) is 1. The highest BCUT2D eigenvalue weighted by Crippen LogP contribution is 2.28. The van der Waals surface area contributed by atoms with Crippen LogP contribution in [0.15, 0.2) is 42.7 Å². The van der Waals surface area contributed by atoms with Gasteiger partial charge in [-0.25, -0.2) is 0 Å².